The minimum atomic E-state index is -0.434. The fraction of sp³-hybridized carbons (Fsp3) is 0.100. The molecule has 2 aromatic rings. The zero-order valence-electron chi connectivity index (χ0n) is 9.64. The van der Waals surface area contributed by atoms with Gasteiger partial charge in [-0.25, -0.2) is 0 Å². The number of amides is 1. The van der Waals surface area contributed by atoms with Gasteiger partial charge in [0, 0.05) is 16.8 Å². The Morgan fingerprint density at radius 2 is 2.10 bits per heavy atom. The van der Waals surface area contributed by atoms with E-state index in [0.29, 0.717) is 14.1 Å². The average molecular weight is 343 g/mol. The number of fused-ring (bicyclic) bond motifs is 1. The van der Waals surface area contributed by atoms with Gasteiger partial charge in [0.1, 0.15) is 0 Å². The zero-order chi connectivity index (χ0) is 14.3. The standard InChI is InChI=1S/C10H5N3O3S4/c14-8-4-18-10(17)12(8)11-9-19-6-2-1-5(13(15)16)3-7(6)20-9/h1-3H,4H2/b11-9+. The van der Waals surface area contributed by atoms with Crippen LogP contribution in [0.1, 0.15) is 0 Å². The van der Waals surface area contributed by atoms with E-state index in [1.807, 2.05) is 0 Å². The molecule has 20 heavy (non-hydrogen) atoms. The number of thiocarbonyl (C=S) groups is 1. The number of benzene rings is 1. The molecule has 0 bridgehead atoms. The van der Waals surface area contributed by atoms with E-state index >= 15 is 0 Å². The normalized spacial score (nSPS) is 16.4. The van der Waals surface area contributed by atoms with E-state index < -0.39 is 4.92 Å². The molecule has 3 rings (SSSR count). The molecule has 0 aliphatic carbocycles. The first kappa shape index (κ1) is 13.6. The number of carbonyl (C=O) groups is 1. The van der Waals surface area contributed by atoms with E-state index in [9.17, 15) is 14.9 Å². The summed E-state index contributed by atoms with van der Waals surface area (Å²) in [6.45, 7) is 0. The van der Waals surface area contributed by atoms with Gasteiger partial charge in [0.2, 0.25) is 0 Å². The summed E-state index contributed by atoms with van der Waals surface area (Å²) in [6.07, 6.45) is 0. The van der Waals surface area contributed by atoms with E-state index in [2.05, 4.69) is 5.10 Å². The molecule has 10 heteroatoms. The Morgan fingerprint density at radius 1 is 1.35 bits per heavy atom. The molecule has 0 atom stereocenters. The summed E-state index contributed by atoms with van der Waals surface area (Å²) in [5, 5.41) is 16.2. The molecule has 0 N–H and O–H groups in total. The first-order valence-corrected chi connectivity index (χ1v) is 8.30. The van der Waals surface area contributed by atoms with Gasteiger partial charge in [-0.1, -0.05) is 24.0 Å². The van der Waals surface area contributed by atoms with E-state index in [4.69, 9.17) is 12.2 Å². The Hall–Kier alpha value is -1.36. The molecule has 1 aliphatic heterocycles. The van der Waals surface area contributed by atoms with Crippen molar-refractivity contribution in [2.45, 2.75) is 0 Å². The van der Waals surface area contributed by atoms with Crippen LogP contribution in [0.25, 0.3) is 9.40 Å². The highest BCUT2D eigenvalue weighted by Gasteiger charge is 2.26. The molecule has 1 aliphatic rings. The first-order valence-electron chi connectivity index (χ1n) is 5.27. The molecule has 1 saturated heterocycles. The Balaban J connectivity index is 2.07. The van der Waals surface area contributed by atoms with Crippen LogP contribution in [0.4, 0.5) is 5.69 Å². The van der Waals surface area contributed by atoms with Gasteiger partial charge in [-0.2, -0.15) is 5.01 Å². The third-order valence-electron chi connectivity index (χ3n) is 2.44. The lowest BCUT2D eigenvalue weighted by Crippen LogP contribution is -2.24. The SMILES string of the molecule is O=C1CSC(=S)N1/N=c1\sc2ccc([N+](=O)[O-])cc2s1. The highest BCUT2D eigenvalue weighted by molar-refractivity contribution is 8.23. The number of thioether (sulfide) groups is 1. The van der Waals surface area contributed by atoms with Crippen molar-refractivity contribution in [1.82, 2.24) is 5.01 Å². The average Bonchev–Trinajstić information content (AvgIpc) is 2.95. The van der Waals surface area contributed by atoms with Crippen molar-refractivity contribution in [3.05, 3.63) is 32.3 Å². The van der Waals surface area contributed by atoms with Crippen molar-refractivity contribution in [2.24, 2.45) is 5.10 Å². The van der Waals surface area contributed by atoms with Crippen molar-refractivity contribution < 1.29 is 9.72 Å². The van der Waals surface area contributed by atoms with Gasteiger partial charge in [-0.15, -0.1) is 27.8 Å². The molecular formula is C10H5N3O3S4. The molecule has 1 fully saturated rings. The van der Waals surface area contributed by atoms with E-state index in [1.165, 1.54) is 51.6 Å². The molecular weight excluding hydrogens is 338 g/mol. The topological polar surface area (TPSA) is 75.8 Å². The number of carbonyl (C=O) groups excluding carboxylic acids is 1. The molecule has 2 heterocycles. The van der Waals surface area contributed by atoms with Gasteiger partial charge < -0.3 is 0 Å². The second-order valence-electron chi connectivity index (χ2n) is 3.72. The van der Waals surface area contributed by atoms with Gasteiger partial charge in [0.25, 0.3) is 11.6 Å². The van der Waals surface area contributed by atoms with E-state index in [0.717, 1.165) is 9.40 Å². The third-order valence-corrected chi connectivity index (χ3v) is 6.06. The Bertz CT molecular complexity index is 793. The van der Waals surface area contributed by atoms with Crippen LogP contribution in [-0.4, -0.2) is 25.9 Å². The predicted molar refractivity (Wildman–Crippen MR) is 83.8 cm³/mol. The van der Waals surface area contributed by atoms with Crippen molar-refractivity contribution in [2.75, 3.05) is 5.75 Å². The van der Waals surface area contributed by atoms with E-state index in [1.54, 1.807) is 6.07 Å². The minimum absolute atomic E-state index is 0.0430. The van der Waals surface area contributed by atoms with Gasteiger partial charge in [0.05, 0.1) is 15.4 Å². The van der Waals surface area contributed by atoms with Crippen LogP contribution < -0.4 is 3.98 Å². The molecule has 0 saturated carbocycles. The molecule has 1 aromatic heterocycles. The fourth-order valence-electron chi connectivity index (χ4n) is 1.55. The maximum atomic E-state index is 11.6. The highest BCUT2D eigenvalue weighted by Crippen LogP contribution is 2.26. The van der Waals surface area contributed by atoms with Crippen LogP contribution in [0.2, 0.25) is 0 Å². The summed E-state index contributed by atoms with van der Waals surface area (Å²) < 4.78 is 2.74. The second kappa shape index (κ2) is 5.20. The molecule has 0 radical (unpaired) electrons. The number of non-ortho nitro benzene ring substituents is 1. The Labute approximate surface area is 129 Å². The molecule has 102 valence electrons. The van der Waals surface area contributed by atoms with Crippen LogP contribution in [0, 0.1) is 10.1 Å². The van der Waals surface area contributed by atoms with Crippen molar-refractivity contribution in [1.29, 1.82) is 0 Å². The van der Waals surface area contributed by atoms with Crippen molar-refractivity contribution in [3.63, 3.8) is 0 Å². The van der Waals surface area contributed by atoms with Crippen LogP contribution in [0.5, 0.6) is 0 Å². The van der Waals surface area contributed by atoms with Crippen LogP contribution in [0.3, 0.4) is 0 Å². The van der Waals surface area contributed by atoms with Crippen LogP contribution in [-0.2, 0) is 4.79 Å². The lowest BCUT2D eigenvalue weighted by atomic mass is 10.3. The fourth-order valence-corrected chi connectivity index (χ4v) is 4.72. The summed E-state index contributed by atoms with van der Waals surface area (Å²) in [6, 6.07) is 4.65. The molecule has 1 aromatic carbocycles. The first-order chi connectivity index (χ1) is 9.54. The Morgan fingerprint density at radius 3 is 2.75 bits per heavy atom. The van der Waals surface area contributed by atoms with Crippen molar-refractivity contribution in [3.8, 4) is 0 Å². The maximum Gasteiger partial charge on any atom is 0.270 e. The monoisotopic (exact) mass is 343 g/mol. The molecule has 1 amide bonds. The lowest BCUT2D eigenvalue weighted by Gasteiger charge is -2.04. The maximum absolute atomic E-state index is 11.6. The lowest BCUT2D eigenvalue weighted by molar-refractivity contribution is -0.384. The van der Waals surface area contributed by atoms with E-state index in [-0.39, 0.29) is 11.6 Å². The molecule has 0 unspecified atom stereocenters. The molecule has 0 spiro atoms. The van der Waals surface area contributed by atoms with Gasteiger partial charge in [-0.05, 0) is 6.07 Å². The van der Waals surface area contributed by atoms with Crippen LogP contribution in [0.15, 0.2) is 23.3 Å². The Kier molecular flexibility index (Phi) is 3.54. The molecule has 6 nitrogen and oxygen atoms in total. The number of nitrogens with zero attached hydrogens (tertiary/aromatic N) is 3. The summed E-state index contributed by atoms with van der Waals surface area (Å²) in [4.78, 5) is 21.9. The minimum Gasteiger partial charge on any atom is -0.272 e. The quantitative estimate of drug-likeness (QED) is 0.476. The van der Waals surface area contributed by atoms with Crippen LogP contribution >= 0.6 is 46.7 Å². The summed E-state index contributed by atoms with van der Waals surface area (Å²) >= 11 is 9.01. The largest absolute Gasteiger partial charge is 0.272 e. The summed E-state index contributed by atoms with van der Waals surface area (Å²) in [7, 11) is 0. The highest BCUT2D eigenvalue weighted by atomic mass is 32.2. The van der Waals surface area contributed by atoms with Gasteiger partial charge in [0.15, 0.2) is 8.31 Å². The smallest absolute Gasteiger partial charge is 0.270 e. The predicted octanol–water partition coefficient (Wildman–Crippen LogP) is 2.55. The van der Waals surface area contributed by atoms with Gasteiger partial charge >= 0.3 is 0 Å². The van der Waals surface area contributed by atoms with Crippen molar-refractivity contribution >= 4 is 72.0 Å². The number of nitro benzene ring substituents is 1. The second-order valence-corrected chi connectivity index (χ2v) is 7.65. The number of nitro groups is 1. The van der Waals surface area contributed by atoms with Gasteiger partial charge in [-0.3, -0.25) is 14.9 Å². The third kappa shape index (κ3) is 2.46. The summed E-state index contributed by atoms with van der Waals surface area (Å²) in [5.41, 5.74) is 0.0430. The number of hydrogen-bond donors (Lipinski definition) is 0. The number of rotatable bonds is 2. The zero-order valence-corrected chi connectivity index (χ0v) is 12.9. The number of hydrogen-bond acceptors (Lipinski definition) is 8. The summed E-state index contributed by atoms with van der Waals surface area (Å²) in [5.74, 6) is 0.166.